The molecule has 2 aromatic carbocycles. The zero-order chi connectivity index (χ0) is 24.9. The van der Waals surface area contributed by atoms with Gasteiger partial charge in [0, 0.05) is 12.0 Å². The summed E-state index contributed by atoms with van der Waals surface area (Å²) in [6, 6.07) is 12.2. The minimum Gasteiger partial charge on any atom is -0.480 e. The maximum absolute atomic E-state index is 14.0. The molecule has 2 unspecified atom stereocenters. The van der Waals surface area contributed by atoms with Crippen LogP contribution in [0.4, 0.5) is 4.39 Å². The number of carbonyl (C=O) groups excluding carboxylic acids is 2. The standard InChI is InChI=1S/C26H31FN2O4S/c1-16(2)22(34)23(30)29-26(13-5-6-14-26)25(33)28-21(24(31)32)15-17-9-11-18(12-10-17)19-7-3-4-8-20(19)27/h3-4,7-12,16,21-22,34H,5-6,13-15H2,1-2H3,(H,28,33)(H,29,30)(H,31,32). The molecule has 0 spiro atoms. The van der Waals surface area contributed by atoms with E-state index in [-0.39, 0.29) is 24.1 Å². The summed E-state index contributed by atoms with van der Waals surface area (Å²) in [7, 11) is 0. The van der Waals surface area contributed by atoms with Gasteiger partial charge in [-0.25, -0.2) is 9.18 Å². The number of hydrogen-bond acceptors (Lipinski definition) is 4. The van der Waals surface area contributed by atoms with Gasteiger partial charge in [0.05, 0.1) is 5.25 Å². The second-order valence-electron chi connectivity index (χ2n) is 9.21. The molecule has 1 aliphatic rings. The van der Waals surface area contributed by atoms with Gasteiger partial charge in [0.15, 0.2) is 0 Å². The normalized spacial score (nSPS) is 16.6. The second kappa shape index (κ2) is 11.0. The van der Waals surface area contributed by atoms with E-state index in [2.05, 4.69) is 23.3 Å². The SMILES string of the molecule is CC(C)C(S)C(=O)NC1(C(=O)NC(Cc2ccc(-c3ccccc3F)cc2)C(=O)O)CCCC1. The van der Waals surface area contributed by atoms with E-state index in [9.17, 15) is 23.9 Å². The van der Waals surface area contributed by atoms with Gasteiger partial charge in [0.25, 0.3) is 0 Å². The predicted molar refractivity (Wildman–Crippen MR) is 132 cm³/mol. The van der Waals surface area contributed by atoms with E-state index >= 15 is 0 Å². The number of nitrogens with one attached hydrogen (secondary N) is 2. The van der Waals surface area contributed by atoms with Gasteiger partial charge in [0.2, 0.25) is 11.8 Å². The Hall–Kier alpha value is -2.87. The Balaban J connectivity index is 1.72. The molecule has 0 bridgehead atoms. The Morgan fingerprint density at radius 3 is 2.24 bits per heavy atom. The van der Waals surface area contributed by atoms with Gasteiger partial charge in [-0.05, 0) is 36.0 Å². The minimum absolute atomic E-state index is 0.0102. The maximum atomic E-state index is 14.0. The van der Waals surface area contributed by atoms with Crippen LogP contribution < -0.4 is 10.6 Å². The topological polar surface area (TPSA) is 95.5 Å². The quantitative estimate of drug-likeness (QED) is 0.403. The molecule has 1 aliphatic carbocycles. The third-order valence-corrected chi connectivity index (χ3v) is 7.17. The van der Waals surface area contributed by atoms with Crippen LogP contribution in [0.2, 0.25) is 0 Å². The highest BCUT2D eigenvalue weighted by molar-refractivity contribution is 7.81. The summed E-state index contributed by atoms with van der Waals surface area (Å²) in [4.78, 5) is 37.8. The van der Waals surface area contributed by atoms with E-state index in [1.165, 1.54) is 6.07 Å². The fourth-order valence-corrected chi connectivity index (χ4v) is 4.31. The van der Waals surface area contributed by atoms with Crippen molar-refractivity contribution in [1.82, 2.24) is 10.6 Å². The summed E-state index contributed by atoms with van der Waals surface area (Å²) < 4.78 is 14.0. The van der Waals surface area contributed by atoms with Crippen molar-refractivity contribution in [2.75, 3.05) is 0 Å². The number of carboxylic acids is 1. The average Bonchev–Trinajstić information content (AvgIpc) is 3.28. The van der Waals surface area contributed by atoms with Gasteiger partial charge in [-0.15, -0.1) is 0 Å². The van der Waals surface area contributed by atoms with Crippen molar-refractivity contribution >= 4 is 30.4 Å². The van der Waals surface area contributed by atoms with Crippen LogP contribution in [0.15, 0.2) is 48.5 Å². The molecular weight excluding hydrogens is 455 g/mol. The summed E-state index contributed by atoms with van der Waals surface area (Å²) in [6.45, 7) is 3.74. The van der Waals surface area contributed by atoms with E-state index in [4.69, 9.17) is 0 Å². The lowest BCUT2D eigenvalue weighted by atomic mass is 9.94. The van der Waals surface area contributed by atoms with Crippen molar-refractivity contribution in [3.8, 4) is 11.1 Å². The molecule has 0 saturated heterocycles. The summed E-state index contributed by atoms with van der Waals surface area (Å²) in [6.07, 6.45) is 2.49. The molecule has 2 aromatic rings. The Morgan fingerprint density at radius 1 is 1.06 bits per heavy atom. The smallest absolute Gasteiger partial charge is 0.326 e. The van der Waals surface area contributed by atoms with Crippen LogP contribution in [0.3, 0.4) is 0 Å². The highest BCUT2D eigenvalue weighted by Gasteiger charge is 2.44. The number of carbonyl (C=O) groups is 3. The van der Waals surface area contributed by atoms with Crippen molar-refractivity contribution in [2.45, 2.75) is 62.8 Å². The summed E-state index contributed by atoms with van der Waals surface area (Å²) in [5, 5.41) is 14.7. The van der Waals surface area contributed by atoms with Gasteiger partial charge >= 0.3 is 5.97 Å². The Labute approximate surface area is 204 Å². The first kappa shape index (κ1) is 25.7. The molecule has 0 aliphatic heterocycles. The van der Waals surface area contributed by atoms with Gasteiger partial charge in [-0.2, -0.15) is 12.6 Å². The molecule has 182 valence electrons. The monoisotopic (exact) mass is 486 g/mol. The molecule has 6 nitrogen and oxygen atoms in total. The fourth-order valence-electron chi connectivity index (χ4n) is 4.25. The molecule has 0 aromatic heterocycles. The summed E-state index contributed by atoms with van der Waals surface area (Å²) in [5.74, 6) is -2.33. The lowest BCUT2D eigenvalue weighted by molar-refractivity contribution is -0.143. The van der Waals surface area contributed by atoms with Crippen molar-refractivity contribution in [3.63, 3.8) is 0 Å². The predicted octanol–water partition coefficient (Wildman–Crippen LogP) is 3.99. The first-order valence-corrected chi connectivity index (χ1v) is 12.0. The third kappa shape index (κ3) is 5.97. The van der Waals surface area contributed by atoms with Gasteiger partial charge < -0.3 is 15.7 Å². The van der Waals surface area contributed by atoms with Gasteiger partial charge in [0.1, 0.15) is 17.4 Å². The zero-order valence-corrected chi connectivity index (χ0v) is 20.3. The van der Waals surface area contributed by atoms with Crippen LogP contribution >= 0.6 is 12.6 Å². The molecule has 0 radical (unpaired) electrons. The largest absolute Gasteiger partial charge is 0.480 e. The highest BCUT2D eigenvalue weighted by atomic mass is 32.1. The maximum Gasteiger partial charge on any atom is 0.326 e. The van der Waals surface area contributed by atoms with E-state index < -0.39 is 28.7 Å². The van der Waals surface area contributed by atoms with Crippen LogP contribution in [0, 0.1) is 11.7 Å². The number of carboxylic acid groups (broad SMARTS) is 1. The van der Waals surface area contributed by atoms with Crippen LogP contribution in [0.1, 0.15) is 45.1 Å². The van der Waals surface area contributed by atoms with E-state index in [1.54, 1.807) is 42.5 Å². The highest BCUT2D eigenvalue weighted by Crippen LogP contribution is 2.31. The minimum atomic E-state index is -1.17. The van der Waals surface area contributed by atoms with E-state index in [1.807, 2.05) is 13.8 Å². The van der Waals surface area contributed by atoms with Crippen LogP contribution in [0.25, 0.3) is 11.1 Å². The number of amides is 2. The number of halogens is 1. The Bertz CT molecular complexity index is 1040. The number of hydrogen-bond donors (Lipinski definition) is 4. The van der Waals surface area contributed by atoms with Gasteiger partial charge in [-0.3, -0.25) is 9.59 Å². The first-order valence-electron chi connectivity index (χ1n) is 11.5. The van der Waals surface area contributed by atoms with E-state index in [0.717, 1.165) is 12.8 Å². The third-order valence-electron chi connectivity index (χ3n) is 6.34. The molecule has 8 heteroatoms. The summed E-state index contributed by atoms with van der Waals surface area (Å²) in [5.41, 5.74) is 0.694. The van der Waals surface area contributed by atoms with Crippen LogP contribution in [-0.4, -0.2) is 39.7 Å². The van der Waals surface area contributed by atoms with E-state index in [0.29, 0.717) is 29.5 Å². The summed E-state index contributed by atoms with van der Waals surface area (Å²) >= 11 is 4.35. The van der Waals surface area contributed by atoms with Crippen molar-refractivity contribution in [3.05, 3.63) is 59.9 Å². The molecule has 34 heavy (non-hydrogen) atoms. The molecular formula is C26H31FN2O4S. The fraction of sp³-hybridized carbons (Fsp3) is 0.423. The molecule has 3 N–H and O–H groups in total. The zero-order valence-electron chi connectivity index (χ0n) is 19.4. The molecule has 0 heterocycles. The molecule has 1 saturated carbocycles. The average molecular weight is 487 g/mol. The molecule has 2 atom stereocenters. The number of benzene rings is 2. The molecule has 2 amide bonds. The van der Waals surface area contributed by atoms with Crippen molar-refractivity contribution in [2.24, 2.45) is 5.92 Å². The number of rotatable bonds is 9. The lowest BCUT2D eigenvalue weighted by Crippen LogP contribution is -2.61. The molecule has 1 fully saturated rings. The van der Waals surface area contributed by atoms with Crippen molar-refractivity contribution < 1.29 is 23.9 Å². The van der Waals surface area contributed by atoms with Gasteiger partial charge in [-0.1, -0.05) is 69.2 Å². The number of aliphatic carboxylic acids is 1. The Kier molecular flexibility index (Phi) is 8.36. The lowest BCUT2D eigenvalue weighted by Gasteiger charge is -2.32. The number of thiol groups is 1. The molecule has 3 rings (SSSR count). The van der Waals surface area contributed by atoms with Crippen LogP contribution in [-0.2, 0) is 20.8 Å². The van der Waals surface area contributed by atoms with Crippen molar-refractivity contribution in [1.29, 1.82) is 0 Å². The second-order valence-corrected chi connectivity index (χ2v) is 9.77. The Morgan fingerprint density at radius 2 is 1.68 bits per heavy atom. The first-order chi connectivity index (χ1) is 16.1. The van der Waals surface area contributed by atoms with Crippen LogP contribution in [0.5, 0.6) is 0 Å².